The van der Waals surface area contributed by atoms with Crippen LogP contribution in [0.1, 0.15) is 30.6 Å². The fraction of sp³-hybridized carbons (Fsp3) is 0.700. The molecule has 1 saturated heterocycles. The second-order valence-electron chi connectivity index (χ2n) is 11.5. The van der Waals surface area contributed by atoms with Crippen LogP contribution in [0.3, 0.4) is 0 Å². The Hall–Kier alpha value is -3.29. The van der Waals surface area contributed by atoms with E-state index in [0.717, 1.165) is 6.92 Å². The van der Waals surface area contributed by atoms with Crippen molar-refractivity contribution in [3.05, 3.63) is 23.8 Å². The van der Waals surface area contributed by atoms with Crippen LogP contribution in [0.5, 0.6) is 11.5 Å². The van der Waals surface area contributed by atoms with Crippen molar-refractivity contribution in [3.63, 3.8) is 0 Å². The minimum Gasteiger partial charge on any atom is -0.504 e. The molecule has 0 aliphatic carbocycles. The van der Waals surface area contributed by atoms with E-state index in [1.807, 2.05) is 0 Å². The van der Waals surface area contributed by atoms with Gasteiger partial charge in [0.1, 0.15) is 61.0 Å². The van der Waals surface area contributed by atoms with Crippen LogP contribution in [0.25, 0.3) is 0 Å². The third-order valence-electron chi connectivity index (χ3n) is 7.95. The van der Waals surface area contributed by atoms with Gasteiger partial charge >= 0.3 is 5.97 Å². The lowest BCUT2D eigenvalue weighted by Crippen LogP contribution is -2.65. The zero-order valence-corrected chi connectivity index (χ0v) is 28.0. The molecule has 1 aliphatic heterocycles. The molecule has 4 unspecified atom stereocenters. The standard InChI is InChI=1S/C30H48N2O19/c1-4-30(29(45)46,50-20(9-31-13(2)36)22(41)17(39)10-33)51-26-23(42)21(12-35)48-28(24(26)43)49-25(18(40)11-34)16(38)8-32-27(44)14-5-6-15(37)19(7-14)47-3/h5-7,16-18,20-26,28,33-35,37-43H,4,8-12H2,1-3H3,(H,31,36)(H,32,44)(H,45,46)/t16-,17-,18?,20?,21+,22-,23+,24?,25+,26?,28+,30+/m1/s1. The van der Waals surface area contributed by atoms with Crippen molar-refractivity contribution >= 4 is 17.8 Å². The van der Waals surface area contributed by atoms with Gasteiger partial charge < -0.3 is 90.5 Å². The summed E-state index contributed by atoms with van der Waals surface area (Å²) in [6.07, 6.45) is -21.8. The molecule has 13 N–H and O–H groups in total. The lowest BCUT2D eigenvalue weighted by atomic mass is 9.97. The molecular weight excluding hydrogens is 692 g/mol. The fourth-order valence-corrected chi connectivity index (χ4v) is 4.98. The van der Waals surface area contributed by atoms with Crippen LogP contribution in [-0.4, -0.2) is 187 Å². The van der Waals surface area contributed by atoms with Crippen LogP contribution in [0, 0.1) is 0 Å². The normalized spacial score (nSPS) is 25.4. The number of amides is 2. The lowest BCUT2D eigenvalue weighted by molar-refractivity contribution is -0.364. The molecule has 1 heterocycles. The van der Waals surface area contributed by atoms with Gasteiger partial charge in [-0.2, -0.15) is 0 Å². The quantitative estimate of drug-likeness (QED) is 0.0523. The second kappa shape index (κ2) is 20.1. The van der Waals surface area contributed by atoms with Crippen molar-refractivity contribution < 1.29 is 94.2 Å². The molecule has 2 amide bonds. The first-order valence-electron chi connectivity index (χ1n) is 15.7. The number of methoxy groups -OCH3 is 1. The maximum atomic E-state index is 12.7. The lowest BCUT2D eigenvalue weighted by Gasteiger charge is -2.46. The monoisotopic (exact) mass is 740 g/mol. The van der Waals surface area contributed by atoms with E-state index in [2.05, 4.69) is 10.6 Å². The first-order valence-corrected chi connectivity index (χ1v) is 15.7. The number of ether oxygens (including phenoxy) is 5. The maximum Gasteiger partial charge on any atom is 0.364 e. The van der Waals surface area contributed by atoms with E-state index in [4.69, 9.17) is 23.7 Å². The van der Waals surface area contributed by atoms with Gasteiger partial charge in [0.05, 0.1) is 26.9 Å². The zero-order valence-electron chi connectivity index (χ0n) is 28.0. The Morgan fingerprint density at radius 2 is 1.61 bits per heavy atom. The average molecular weight is 741 g/mol. The molecule has 21 heteroatoms. The molecule has 0 saturated carbocycles. The van der Waals surface area contributed by atoms with E-state index in [1.165, 1.54) is 32.2 Å². The van der Waals surface area contributed by atoms with Crippen molar-refractivity contribution in [1.29, 1.82) is 0 Å². The number of hydrogen-bond acceptors (Lipinski definition) is 18. The molecule has 1 aromatic carbocycles. The Morgan fingerprint density at radius 1 is 0.961 bits per heavy atom. The number of nitrogens with one attached hydrogen (secondary N) is 2. The number of carbonyl (C=O) groups is 3. The summed E-state index contributed by atoms with van der Waals surface area (Å²) in [5.41, 5.74) is 0.000543. The van der Waals surface area contributed by atoms with Gasteiger partial charge in [-0.25, -0.2) is 4.79 Å². The van der Waals surface area contributed by atoms with E-state index < -0.39 is 130 Å². The third-order valence-corrected chi connectivity index (χ3v) is 7.95. The van der Waals surface area contributed by atoms with Crippen molar-refractivity contribution in [2.75, 3.05) is 40.0 Å². The average Bonchev–Trinajstić information content (AvgIpc) is 3.11. The molecule has 12 atom stereocenters. The molecule has 21 nitrogen and oxygen atoms in total. The van der Waals surface area contributed by atoms with E-state index in [1.54, 1.807) is 0 Å². The molecule has 0 radical (unpaired) electrons. The molecule has 292 valence electrons. The van der Waals surface area contributed by atoms with E-state index in [0.29, 0.717) is 0 Å². The number of carbonyl (C=O) groups excluding carboxylic acids is 2. The predicted octanol–water partition coefficient (Wildman–Crippen LogP) is -5.52. The summed E-state index contributed by atoms with van der Waals surface area (Å²) < 4.78 is 27.2. The first kappa shape index (κ1) is 43.9. The highest BCUT2D eigenvalue weighted by Crippen LogP contribution is 2.33. The SMILES string of the molecule is CC[C@@](OC1C(O)[C@H](O[C@H](C(O)CO)[C@H](O)CNC(=O)c2ccc(O)c(OC)c2)O[C@@H](CO)[C@@H]1O)(OC(CNC(C)=O)[C@H](O)[C@H](O)CO)C(=O)O. The Labute approximate surface area is 291 Å². The largest absolute Gasteiger partial charge is 0.504 e. The Balaban J connectivity index is 2.37. The summed E-state index contributed by atoms with van der Waals surface area (Å²) in [6, 6.07) is 3.64. The molecule has 0 aromatic heterocycles. The molecule has 1 aliphatic rings. The van der Waals surface area contributed by atoms with E-state index in [9.17, 15) is 70.6 Å². The summed E-state index contributed by atoms with van der Waals surface area (Å²) in [7, 11) is 1.26. The van der Waals surface area contributed by atoms with Gasteiger partial charge in [-0.05, 0) is 18.2 Å². The summed E-state index contributed by atoms with van der Waals surface area (Å²) >= 11 is 0. The minimum absolute atomic E-state index is 0.000543. The summed E-state index contributed by atoms with van der Waals surface area (Å²) in [5, 5.41) is 118. The predicted molar refractivity (Wildman–Crippen MR) is 167 cm³/mol. The number of benzene rings is 1. The van der Waals surface area contributed by atoms with Crippen molar-refractivity contribution in [2.45, 2.75) is 93.4 Å². The van der Waals surface area contributed by atoms with Crippen molar-refractivity contribution in [2.24, 2.45) is 0 Å². The first-order chi connectivity index (χ1) is 24.0. The molecule has 0 spiro atoms. The number of aliphatic hydroxyl groups excluding tert-OH is 9. The van der Waals surface area contributed by atoms with E-state index >= 15 is 0 Å². The Kier molecular flexibility index (Phi) is 17.3. The number of aromatic hydroxyl groups is 1. The highest BCUT2D eigenvalue weighted by atomic mass is 16.8. The number of carboxylic acid groups (broad SMARTS) is 1. The van der Waals surface area contributed by atoms with Crippen LogP contribution in [0.15, 0.2) is 18.2 Å². The molecule has 1 fully saturated rings. The molecular formula is C30H48N2O19. The van der Waals surface area contributed by atoms with Gasteiger partial charge in [0.25, 0.3) is 11.7 Å². The van der Waals surface area contributed by atoms with Crippen LogP contribution in [-0.2, 0) is 28.5 Å². The van der Waals surface area contributed by atoms with Crippen LogP contribution >= 0.6 is 0 Å². The number of carboxylic acids is 1. The molecule has 51 heavy (non-hydrogen) atoms. The smallest absolute Gasteiger partial charge is 0.364 e. The van der Waals surface area contributed by atoms with Crippen molar-refractivity contribution in [3.8, 4) is 11.5 Å². The molecule has 2 rings (SSSR count). The highest BCUT2D eigenvalue weighted by molar-refractivity contribution is 5.94. The van der Waals surface area contributed by atoms with Crippen LogP contribution in [0.2, 0.25) is 0 Å². The van der Waals surface area contributed by atoms with Gasteiger partial charge in [0, 0.05) is 32.0 Å². The fourth-order valence-electron chi connectivity index (χ4n) is 4.98. The van der Waals surface area contributed by atoms with Gasteiger partial charge in [-0.15, -0.1) is 0 Å². The molecule has 1 aromatic rings. The molecule has 0 bridgehead atoms. The summed E-state index contributed by atoms with van der Waals surface area (Å²) in [4.78, 5) is 36.9. The van der Waals surface area contributed by atoms with Gasteiger partial charge in [-0.1, -0.05) is 6.92 Å². The summed E-state index contributed by atoms with van der Waals surface area (Å²) in [5.74, 6) is -6.42. The Morgan fingerprint density at radius 3 is 2.14 bits per heavy atom. The van der Waals surface area contributed by atoms with Crippen LogP contribution < -0.4 is 15.4 Å². The van der Waals surface area contributed by atoms with Gasteiger partial charge in [-0.3, -0.25) is 9.59 Å². The van der Waals surface area contributed by atoms with Crippen LogP contribution in [0.4, 0.5) is 0 Å². The van der Waals surface area contributed by atoms with Crippen molar-refractivity contribution in [1.82, 2.24) is 10.6 Å². The number of hydrogen-bond donors (Lipinski definition) is 13. The number of aliphatic carboxylic acids is 1. The maximum absolute atomic E-state index is 12.7. The number of phenols is 1. The van der Waals surface area contributed by atoms with Gasteiger partial charge in [0.15, 0.2) is 17.8 Å². The summed E-state index contributed by atoms with van der Waals surface area (Å²) in [6.45, 7) is -1.91. The minimum atomic E-state index is -2.86. The third kappa shape index (κ3) is 11.3. The number of aliphatic hydroxyl groups is 9. The second-order valence-corrected chi connectivity index (χ2v) is 11.5. The highest BCUT2D eigenvalue weighted by Gasteiger charge is 2.54. The van der Waals surface area contributed by atoms with Gasteiger partial charge in [0.2, 0.25) is 5.91 Å². The Bertz CT molecular complexity index is 1270. The zero-order chi connectivity index (χ0) is 38.6. The number of rotatable bonds is 21. The number of phenolic OH excluding ortho intramolecular Hbond substituents is 1. The van der Waals surface area contributed by atoms with E-state index in [-0.39, 0.29) is 17.1 Å². The topological polar surface area (TPSA) is 344 Å².